The maximum Gasteiger partial charge on any atom is 0.173 e. The van der Waals surface area contributed by atoms with Gasteiger partial charge in [0.05, 0.1) is 11.6 Å². The van der Waals surface area contributed by atoms with Crippen LogP contribution in [0.4, 0.5) is 5.69 Å². The zero-order chi connectivity index (χ0) is 10.3. The second-order valence-electron chi connectivity index (χ2n) is 3.52. The number of fused-ring (bicyclic) bond motifs is 1. The molecule has 1 aromatic carbocycles. The molecule has 1 atom stereocenters. The van der Waals surface area contributed by atoms with E-state index in [4.69, 9.17) is 0 Å². The van der Waals surface area contributed by atoms with Gasteiger partial charge in [-0.25, -0.2) is 0 Å². The van der Waals surface area contributed by atoms with Gasteiger partial charge in [0.2, 0.25) is 0 Å². The van der Waals surface area contributed by atoms with E-state index < -0.39 is 0 Å². The van der Waals surface area contributed by atoms with Gasteiger partial charge < -0.3 is 0 Å². The molecule has 1 heterocycles. The molecule has 0 fully saturated rings. The van der Waals surface area contributed by atoms with E-state index in [9.17, 15) is 4.79 Å². The lowest BCUT2D eigenvalue weighted by Gasteiger charge is -2.16. The molecule has 2 nitrogen and oxygen atoms in total. The number of benzene rings is 1. The van der Waals surface area contributed by atoms with Gasteiger partial charge in [-0.2, -0.15) is 0 Å². The number of aliphatic imine (C=N–C) groups is 1. The van der Waals surface area contributed by atoms with Crippen LogP contribution < -0.4 is 0 Å². The maximum atomic E-state index is 11.9. The van der Waals surface area contributed by atoms with Crippen LogP contribution >= 0.6 is 22.6 Å². The zero-order valence-electron chi connectivity index (χ0n) is 8.04. The average Bonchev–Trinajstić information content (AvgIpc) is 2.16. The molecule has 0 spiro atoms. The molecule has 0 N–H and O–H groups in total. The predicted octanol–water partition coefficient (Wildman–Crippen LogP) is 3.13. The molecule has 0 bridgehead atoms. The first-order valence-corrected chi connectivity index (χ1v) is 5.56. The lowest BCUT2D eigenvalue weighted by Crippen LogP contribution is -2.18. The SMILES string of the molecule is Cc1ccc(I)c2c1C(=O)C(C)C=N2. The molecule has 0 radical (unpaired) electrons. The molecule has 1 unspecified atom stereocenters. The van der Waals surface area contributed by atoms with Gasteiger partial charge in [0.1, 0.15) is 0 Å². The van der Waals surface area contributed by atoms with Gasteiger partial charge in [-0.15, -0.1) is 0 Å². The Kier molecular flexibility index (Phi) is 2.43. The predicted molar refractivity (Wildman–Crippen MR) is 65.5 cm³/mol. The molecule has 0 aliphatic carbocycles. The normalized spacial score (nSPS) is 19.6. The van der Waals surface area contributed by atoms with Crippen LogP contribution in [-0.4, -0.2) is 12.0 Å². The molecule has 72 valence electrons. The van der Waals surface area contributed by atoms with Crippen molar-refractivity contribution in [3.63, 3.8) is 0 Å². The average molecular weight is 299 g/mol. The summed E-state index contributed by atoms with van der Waals surface area (Å²) in [5.74, 6) is 0.102. The van der Waals surface area contributed by atoms with Crippen molar-refractivity contribution in [3.05, 3.63) is 26.8 Å². The molecule has 14 heavy (non-hydrogen) atoms. The molecule has 0 aromatic heterocycles. The van der Waals surface area contributed by atoms with Gasteiger partial charge in [-0.05, 0) is 41.1 Å². The Hall–Kier alpha value is -0.710. The molecular weight excluding hydrogens is 289 g/mol. The van der Waals surface area contributed by atoms with Gasteiger partial charge in [0.25, 0.3) is 0 Å². The number of ketones is 1. The van der Waals surface area contributed by atoms with Crippen LogP contribution in [0.3, 0.4) is 0 Å². The fourth-order valence-electron chi connectivity index (χ4n) is 1.59. The number of rotatable bonds is 0. The van der Waals surface area contributed by atoms with Gasteiger partial charge >= 0.3 is 0 Å². The highest BCUT2D eigenvalue weighted by atomic mass is 127. The van der Waals surface area contributed by atoms with E-state index in [1.165, 1.54) is 0 Å². The lowest BCUT2D eigenvalue weighted by molar-refractivity contribution is 0.0961. The number of nitrogens with zero attached hydrogens (tertiary/aromatic N) is 1. The molecule has 0 saturated heterocycles. The van der Waals surface area contributed by atoms with Crippen LogP contribution in [0, 0.1) is 16.4 Å². The van der Waals surface area contributed by atoms with E-state index in [0.29, 0.717) is 0 Å². The van der Waals surface area contributed by atoms with Gasteiger partial charge in [-0.1, -0.05) is 13.0 Å². The largest absolute Gasteiger partial charge is 0.293 e. The molecule has 2 rings (SSSR count). The van der Waals surface area contributed by atoms with Crippen molar-refractivity contribution in [2.45, 2.75) is 13.8 Å². The Morgan fingerprint density at radius 2 is 2.14 bits per heavy atom. The first-order valence-electron chi connectivity index (χ1n) is 4.48. The van der Waals surface area contributed by atoms with E-state index in [1.807, 2.05) is 26.0 Å². The summed E-state index contributed by atoms with van der Waals surface area (Å²) >= 11 is 2.21. The van der Waals surface area contributed by atoms with Crippen LogP contribution in [0.5, 0.6) is 0 Å². The molecule has 3 heteroatoms. The van der Waals surface area contributed by atoms with Crippen molar-refractivity contribution in [1.82, 2.24) is 0 Å². The minimum Gasteiger partial charge on any atom is -0.293 e. The number of Topliss-reactive ketones (excluding diaryl/α,β-unsaturated/α-hetero) is 1. The fraction of sp³-hybridized carbons (Fsp3) is 0.273. The summed E-state index contributed by atoms with van der Waals surface area (Å²) in [4.78, 5) is 16.2. The zero-order valence-corrected chi connectivity index (χ0v) is 10.2. The Bertz CT molecular complexity index is 437. The van der Waals surface area contributed by atoms with E-state index in [-0.39, 0.29) is 11.7 Å². The smallest absolute Gasteiger partial charge is 0.173 e. The fourth-order valence-corrected chi connectivity index (χ4v) is 2.17. The van der Waals surface area contributed by atoms with Crippen LogP contribution in [0.25, 0.3) is 0 Å². The van der Waals surface area contributed by atoms with Gasteiger partial charge in [0, 0.05) is 15.3 Å². The minimum atomic E-state index is -0.0839. The van der Waals surface area contributed by atoms with E-state index in [0.717, 1.165) is 20.4 Å². The Balaban J connectivity index is 2.73. The lowest BCUT2D eigenvalue weighted by atomic mass is 9.93. The number of hydrogen-bond acceptors (Lipinski definition) is 2. The molecular formula is C11H10INO. The number of aryl methyl sites for hydroxylation is 1. The first-order chi connectivity index (χ1) is 6.61. The van der Waals surface area contributed by atoms with Crippen molar-refractivity contribution in [2.75, 3.05) is 0 Å². The molecule has 0 amide bonds. The van der Waals surface area contributed by atoms with Gasteiger partial charge in [-0.3, -0.25) is 9.79 Å². The van der Waals surface area contributed by atoms with Crippen LogP contribution in [0.15, 0.2) is 17.1 Å². The van der Waals surface area contributed by atoms with E-state index in [1.54, 1.807) is 6.21 Å². The van der Waals surface area contributed by atoms with Crippen molar-refractivity contribution in [3.8, 4) is 0 Å². The topological polar surface area (TPSA) is 29.4 Å². The van der Waals surface area contributed by atoms with Crippen molar-refractivity contribution in [1.29, 1.82) is 0 Å². The molecule has 0 saturated carbocycles. The van der Waals surface area contributed by atoms with E-state index in [2.05, 4.69) is 27.6 Å². The third kappa shape index (κ3) is 1.39. The molecule has 1 aromatic rings. The summed E-state index contributed by atoms with van der Waals surface area (Å²) in [5, 5.41) is 0. The summed E-state index contributed by atoms with van der Waals surface area (Å²) in [6.45, 7) is 3.84. The highest BCUT2D eigenvalue weighted by Crippen LogP contribution is 2.33. The maximum absolute atomic E-state index is 11.9. The van der Waals surface area contributed by atoms with Crippen molar-refractivity contribution >= 4 is 40.3 Å². The summed E-state index contributed by atoms with van der Waals surface area (Å²) in [6.07, 6.45) is 1.73. The minimum absolute atomic E-state index is 0.0839. The third-order valence-corrected chi connectivity index (χ3v) is 3.29. The van der Waals surface area contributed by atoms with E-state index >= 15 is 0 Å². The summed E-state index contributed by atoms with van der Waals surface area (Å²) in [6, 6.07) is 3.97. The first kappa shape index (κ1) is 9.83. The molecule has 1 aliphatic rings. The van der Waals surface area contributed by atoms with Crippen molar-refractivity contribution in [2.24, 2.45) is 10.9 Å². The number of halogens is 1. The number of carbonyl (C=O) groups excluding carboxylic acids is 1. The Morgan fingerprint density at radius 3 is 2.86 bits per heavy atom. The van der Waals surface area contributed by atoms with Crippen LogP contribution in [0.1, 0.15) is 22.8 Å². The standard InChI is InChI=1S/C11H10INO/c1-6-3-4-8(12)10-9(6)11(14)7(2)5-13-10/h3-5,7H,1-2H3. The monoisotopic (exact) mass is 299 g/mol. The van der Waals surface area contributed by atoms with Gasteiger partial charge in [0.15, 0.2) is 5.78 Å². The third-order valence-electron chi connectivity index (χ3n) is 2.42. The Labute approximate surface area is 96.6 Å². The second kappa shape index (κ2) is 3.46. The van der Waals surface area contributed by atoms with Crippen LogP contribution in [-0.2, 0) is 0 Å². The number of hydrogen-bond donors (Lipinski definition) is 0. The van der Waals surface area contributed by atoms with Crippen molar-refractivity contribution < 1.29 is 4.79 Å². The highest BCUT2D eigenvalue weighted by Gasteiger charge is 2.24. The quantitative estimate of drug-likeness (QED) is 0.677. The molecule has 1 aliphatic heterocycles. The highest BCUT2D eigenvalue weighted by molar-refractivity contribution is 14.1. The number of carbonyl (C=O) groups is 1. The second-order valence-corrected chi connectivity index (χ2v) is 4.68. The summed E-state index contributed by atoms with van der Waals surface area (Å²) in [5.41, 5.74) is 2.66. The van der Waals surface area contributed by atoms with Crippen LogP contribution in [0.2, 0.25) is 0 Å². The summed E-state index contributed by atoms with van der Waals surface area (Å²) in [7, 11) is 0. The Morgan fingerprint density at radius 1 is 1.43 bits per heavy atom. The summed E-state index contributed by atoms with van der Waals surface area (Å²) < 4.78 is 1.04.